The van der Waals surface area contributed by atoms with E-state index in [-0.39, 0.29) is 17.0 Å². The van der Waals surface area contributed by atoms with E-state index in [1.54, 1.807) is 18.2 Å². The van der Waals surface area contributed by atoms with Gasteiger partial charge in [0.25, 0.3) is 10.7 Å². The lowest BCUT2D eigenvalue weighted by Crippen LogP contribution is -2.48. The summed E-state index contributed by atoms with van der Waals surface area (Å²) in [5.41, 5.74) is 2.34. The molecule has 2 aliphatic rings. The first-order chi connectivity index (χ1) is 13.3. The van der Waals surface area contributed by atoms with Crippen molar-refractivity contribution in [1.29, 1.82) is 0 Å². The Morgan fingerprint density at radius 1 is 1.36 bits per heavy atom. The van der Waals surface area contributed by atoms with Crippen LogP contribution in [-0.4, -0.2) is 35.2 Å². The van der Waals surface area contributed by atoms with Gasteiger partial charge in [0.05, 0.1) is 29.4 Å². The second kappa shape index (κ2) is 6.16. The molecular weight excluding hydrogens is 384 g/mol. The SMILES string of the molecule is COc1cc([N+](=O)[O-])cc2c1OC1(Sc3cc(C(=O)O)ccc3N1C)C(C)=C2. The Morgan fingerprint density at radius 3 is 2.75 bits per heavy atom. The van der Waals surface area contributed by atoms with Gasteiger partial charge in [-0.05, 0) is 43.0 Å². The third kappa shape index (κ3) is 2.50. The minimum atomic E-state index is -0.997. The molecule has 8 nitrogen and oxygen atoms in total. The molecule has 0 radical (unpaired) electrons. The molecule has 2 aromatic rings. The van der Waals surface area contributed by atoms with Crippen molar-refractivity contribution in [2.45, 2.75) is 16.9 Å². The summed E-state index contributed by atoms with van der Waals surface area (Å²) < 4.78 is 11.7. The monoisotopic (exact) mass is 400 g/mol. The molecule has 9 heteroatoms. The molecule has 0 bridgehead atoms. The van der Waals surface area contributed by atoms with Crippen LogP contribution in [-0.2, 0) is 0 Å². The van der Waals surface area contributed by atoms with Crippen molar-refractivity contribution in [3.05, 3.63) is 57.1 Å². The molecule has 1 unspecified atom stereocenters. The van der Waals surface area contributed by atoms with E-state index in [4.69, 9.17) is 9.47 Å². The number of aromatic carboxylic acids is 1. The highest BCUT2D eigenvalue weighted by Gasteiger charge is 2.49. The first-order valence-corrected chi connectivity index (χ1v) is 9.13. The van der Waals surface area contributed by atoms with E-state index >= 15 is 0 Å². The van der Waals surface area contributed by atoms with Crippen LogP contribution in [0.1, 0.15) is 22.8 Å². The number of anilines is 1. The van der Waals surface area contributed by atoms with Gasteiger partial charge in [-0.15, -0.1) is 0 Å². The van der Waals surface area contributed by atoms with Crippen molar-refractivity contribution >= 4 is 35.2 Å². The smallest absolute Gasteiger partial charge is 0.335 e. The zero-order valence-electron chi connectivity index (χ0n) is 15.3. The first-order valence-electron chi connectivity index (χ1n) is 8.31. The first kappa shape index (κ1) is 18.2. The summed E-state index contributed by atoms with van der Waals surface area (Å²) >= 11 is 1.38. The van der Waals surface area contributed by atoms with E-state index in [1.807, 2.05) is 24.9 Å². The summed E-state index contributed by atoms with van der Waals surface area (Å²) in [4.78, 5) is 24.7. The van der Waals surface area contributed by atoms with Crippen LogP contribution >= 0.6 is 11.8 Å². The van der Waals surface area contributed by atoms with Crippen LogP contribution in [0, 0.1) is 10.1 Å². The Morgan fingerprint density at radius 2 is 2.11 bits per heavy atom. The third-order valence-corrected chi connectivity index (χ3v) is 6.37. The number of rotatable bonds is 3. The molecule has 0 aromatic heterocycles. The molecule has 28 heavy (non-hydrogen) atoms. The van der Waals surface area contributed by atoms with E-state index < -0.39 is 15.9 Å². The van der Waals surface area contributed by atoms with Crippen LogP contribution in [0.15, 0.2) is 40.8 Å². The van der Waals surface area contributed by atoms with Gasteiger partial charge in [-0.1, -0.05) is 0 Å². The van der Waals surface area contributed by atoms with Gasteiger partial charge in [-0.25, -0.2) is 4.79 Å². The van der Waals surface area contributed by atoms with Crippen molar-refractivity contribution in [3.8, 4) is 11.5 Å². The van der Waals surface area contributed by atoms with Gasteiger partial charge in [-0.3, -0.25) is 10.1 Å². The number of thioether (sulfide) groups is 1. The average Bonchev–Trinajstić information content (AvgIpc) is 2.94. The molecule has 0 fully saturated rings. The van der Waals surface area contributed by atoms with Crippen molar-refractivity contribution in [1.82, 2.24) is 0 Å². The molecular formula is C19H16N2O6S. The van der Waals surface area contributed by atoms with Gasteiger partial charge in [0.1, 0.15) is 0 Å². The summed E-state index contributed by atoms with van der Waals surface area (Å²) in [5, 5.41) is 19.5. The normalized spacial score (nSPS) is 19.5. The molecule has 2 heterocycles. The molecule has 0 aliphatic carbocycles. The Balaban J connectivity index is 1.83. The fourth-order valence-corrected chi connectivity index (χ4v) is 4.82. The van der Waals surface area contributed by atoms with Gasteiger partial charge < -0.3 is 19.5 Å². The van der Waals surface area contributed by atoms with E-state index in [0.29, 0.717) is 11.3 Å². The lowest BCUT2D eigenvalue weighted by Gasteiger charge is -2.40. The van der Waals surface area contributed by atoms with Crippen LogP contribution < -0.4 is 14.4 Å². The molecule has 1 N–H and O–H groups in total. The number of carboxylic acid groups (broad SMARTS) is 1. The molecule has 0 saturated heterocycles. The molecule has 1 spiro atoms. The fourth-order valence-electron chi connectivity index (χ4n) is 3.44. The van der Waals surface area contributed by atoms with Gasteiger partial charge in [-0.2, -0.15) is 0 Å². The van der Waals surface area contributed by atoms with E-state index in [2.05, 4.69) is 0 Å². The van der Waals surface area contributed by atoms with Crippen LogP contribution in [0.3, 0.4) is 0 Å². The van der Waals surface area contributed by atoms with Crippen LogP contribution in [0.4, 0.5) is 11.4 Å². The molecule has 4 rings (SSSR count). The second-order valence-electron chi connectivity index (χ2n) is 6.48. The highest BCUT2D eigenvalue weighted by molar-refractivity contribution is 8.01. The van der Waals surface area contributed by atoms with Gasteiger partial charge in [0.2, 0.25) is 0 Å². The molecule has 2 aromatic carbocycles. The summed E-state index contributed by atoms with van der Waals surface area (Å²) in [6.45, 7) is 1.88. The minimum absolute atomic E-state index is 0.0824. The van der Waals surface area contributed by atoms with Crippen LogP contribution in [0.5, 0.6) is 11.5 Å². The number of methoxy groups -OCH3 is 1. The molecule has 0 amide bonds. The van der Waals surface area contributed by atoms with E-state index in [9.17, 15) is 20.0 Å². The Hall–Kier alpha value is -3.20. The summed E-state index contributed by atoms with van der Waals surface area (Å²) in [7, 11) is 3.29. The zero-order valence-corrected chi connectivity index (χ0v) is 16.1. The second-order valence-corrected chi connectivity index (χ2v) is 7.68. The van der Waals surface area contributed by atoms with Crippen molar-refractivity contribution < 1.29 is 24.3 Å². The molecule has 2 aliphatic heterocycles. The average molecular weight is 400 g/mol. The maximum absolute atomic E-state index is 11.3. The molecule has 144 valence electrons. The number of carbonyl (C=O) groups is 1. The number of non-ortho nitro benzene ring substituents is 1. The highest BCUT2D eigenvalue weighted by atomic mass is 32.2. The number of fused-ring (bicyclic) bond motifs is 2. The number of ether oxygens (including phenoxy) is 2. The number of nitrogens with zero attached hydrogens (tertiary/aromatic N) is 2. The van der Waals surface area contributed by atoms with E-state index in [1.165, 1.54) is 31.0 Å². The number of benzene rings is 2. The highest BCUT2D eigenvalue weighted by Crippen LogP contribution is 2.57. The predicted molar refractivity (Wildman–Crippen MR) is 104 cm³/mol. The topological polar surface area (TPSA) is 102 Å². The van der Waals surface area contributed by atoms with Crippen molar-refractivity contribution in [2.75, 3.05) is 19.1 Å². The maximum Gasteiger partial charge on any atom is 0.335 e. The lowest BCUT2D eigenvalue weighted by atomic mass is 10.0. The Kier molecular flexibility index (Phi) is 4.00. The van der Waals surface area contributed by atoms with E-state index in [0.717, 1.165) is 16.2 Å². The summed E-state index contributed by atoms with van der Waals surface area (Å²) in [6, 6.07) is 7.70. The predicted octanol–water partition coefficient (Wildman–Crippen LogP) is 3.99. The summed E-state index contributed by atoms with van der Waals surface area (Å²) in [5.74, 6) is -0.323. The Bertz CT molecular complexity index is 1070. The zero-order chi connectivity index (χ0) is 20.2. The number of carboxylic acids is 1. The number of hydrogen-bond acceptors (Lipinski definition) is 7. The number of nitro groups is 1. The number of likely N-dealkylation sites (N-methyl/N-ethyl adjacent to an activating group) is 1. The Labute approximate surface area is 164 Å². The maximum atomic E-state index is 11.3. The fraction of sp³-hybridized carbons (Fsp3) is 0.211. The third-order valence-electron chi connectivity index (χ3n) is 4.87. The standard InChI is InChI=1S/C19H16N2O6S/c1-10-6-12-7-13(21(24)25)9-15(26-3)17(12)27-19(10)20(2)14-5-4-11(18(22)23)8-16(14)28-19/h4-9H,1-3H3,(H,22,23). The van der Waals surface area contributed by atoms with Crippen LogP contribution in [0.25, 0.3) is 6.08 Å². The number of hydrogen-bond donors (Lipinski definition) is 1. The molecule has 0 saturated carbocycles. The minimum Gasteiger partial charge on any atom is -0.493 e. The number of nitro benzene ring substituents is 1. The lowest BCUT2D eigenvalue weighted by molar-refractivity contribution is -0.385. The van der Waals surface area contributed by atoms with Crippen LogP contribution in [0.2, 0.25) is 0 Å². The van der Waals surface area contributed by atoms with Crippen molar-refractivity contribution in [2.24, 2.45) is 0 Å². The van der Waals surface area contributed by atoms with Gasteiger partial charge in [0.15, 0.2) is 11.5 Å². The summed E-state index contributed by atoms with van der Waals surface area (Å²) in [6.07, 6.45) is 1.84. The largest absolute Gasteiger partial charge is 0.493 e. The van der Waals surface area contributed by atoms with Crippen molar-refractivity contribution in [3.63, 3.8) is 0 Å². The van der Waals surface area contributed by atoms with Gasteiger partial charge in [0, 0.05) is 29.1 Å². The molecule has 1 atom stereocenters. The van der Waals surface area contributed by atoms with Gasteiger partial charge >= 0.3 is 5.97 Å². The quantitative estimate of drug-likeness (QED) is 0.609.